The van der Waals surface area contributed by atoms with Gasteiger partial charge in [0.25, 0.3) is 6.43 Å². The quantitative estimate of drug-likeness (QED) is 0.846. The predicted octanol–water partition coefficient (Wildman–Crippen LogP) is 1.95. The minimum Gasteiger partial charge on any atom is -0.505 e. The molecule has 0 amide bonds. The van der Waals surface area contributed by atoms with Gasteiger partial charge >= 0.3 is 0 Å². The third-order valence-corrected chi connectivity index (χ3v) is 2.36. The van der Waals surface area contributed by atoms with Crippen LogP contribution in [0.15, 0.2) is 10.7 Å². The summed E-state index contributed by atoms with van der Waals surface area (Å²) >= 11 is 2.85. The van der Waals surface area contributed by atoms with E-state index in [0.717, 1.165) is 6.20 Å². The van der Waals surface area contributed by atoms with Crippen molar-refractivity contribution in [2.45, 2.75) is 13.0 Å². The van der Waals surface area contributed by atoms with Crippen molar-refractivity contribution in [2.75, 3.05) is 0 Å². The van der Waals surface area contributed by atoms with E-state index >= 15 is 0 Å². The number of halogens is 3. The minimum atomic E-state index is -2.67. The second-order valence-electron chi connectivity index (χ2n) is 2.33. The molecule has 3 N–H and O–H groups in total. The summed E-state index contributed by atoms with van der Waals surface area (Å²) in [6, 6.07) is 0. The first-order valence-corrected chi connectivity index (χ1v) is 4.21. The molecule has 0 fully saturated rings. The van der Waals surface area contributed by atoms with Gasteiger partial charge in [0.2, 0.25) is 0 Å². The molecule has 3 nitrogen and oxygen atoms in total. The molecule has 0 atom stereocenters. The maximum atomic E-state index is 12.2. The standard InChI is InChI=1S/C7H7BrF2N2O/c8-5-3(7(9)10)2-12-4(1-11)6(5)13/h2,7,13H,1,11H2. The van der Waals surface area contributed by atoms with E-state index in [1.807, 2.05) is 0 Å². The highest BCUT2D eigenvalue weighted by molar-refractivity contribution is 9.10. The van der Waals surface area contributed by atoms with Crippen LogP contribution in [0.4, 0.5) is 8.78 Å². The fourth-order valence-electron chi connectivity index (χ4n) is 0.830. The van der Waals surface area contributed by atoms with Crippen molar-refractivity contribution in [1.29, 1.82) is 0 Å². The Bertz CT molecular complexity index is 320. The Hall–Kier alpha value is -0.750. The average molecular weight is 253 g/mol. The molecule has 1 rings (SSSR count). The van der Waals surface area contributed by atoms with Gasteiger partial charge in [-0.3, -0.25) is 4.98 Å². The topological polar surface area (TPSA) is 59.1 Å². The largest absolute Gasteiger partial charge is 0.505 e. The average Bonchev–Trinajstić information content (AvgIpc) is 2.09. The molecule has 0 unspecified atom stereocenters. The third kappa shape index (κ3) is 1.94. The zero-order valence-corrected chi connectivity index (χ0v) is 8.05. The summed E-state index contributed by atoms with van der Waals surface area (Å²) in [5.41, 5.74) is 5.07. The molecule has 0 bridgehead atoms. The fraction of sp³-hybridized carbons (Fsp3) is 0.286. The second kappa shape index (κ2) is 3.97. The highest BCUT2D eigenvalue weighted by Crippen LogP contribution is 2.34. The molecule has 0 aliphatic carbocycles. The molecule has 1 aromatic heterocycles. The van der Waals surface area contributed by atoms with E-state index in [2.05, 4.69) is 20.9 Å². The molecule has 0 saturated heterocycles. The van der Waals surface area contributed by atoms with Crippen molar-refractivity contribution in [1.82, 2.24) is 4.98 Å². The van der Waals surface area contributed by atoms with Crippen LogP contribution in [-0.4, -0.2) is 10.1 Å². The van der Waals surface area contributed by atoms with Crippen molar-refractivity contribution in [2.24, 2.45) is 5.73 Å². The Morgan fingerprint density at radius 1 is 1.62 bits per heavy atom. The lowest BCUT2D eigenvalue weighted by Gasteiger charge is -2.07. The molecule has 0 aliphatic rings. The number of pyridine rings is 1. The maximum absolute atomic E-state index is 12.2. The van der Waals surface area contributed by atoms with Crippen LogP contribution in [0, 0.1) is 0 Å². The zero-order chi connectivity index (χ0) is 10.0. The summed E-state index contributed by atoms with van der Waals surface area (Å²) in [7, 11) is 0. The van der Waals surface area contributed by atoms with Gasteiger partial charge in [-0.15, -0.1) is 0 Å². The number of alkyl halides is 2. The van der Waals surface area contributed by atoms with Gasteiger partial charge in [0, 0.05) is 12.7 Å². The highest BCUT2D eigenvalue weighted by atomic mass is 79.9. The Morgan fingerprint density at radius 2 is 2.23 bits per heavy atom. The third-order valence-electron chi connectivity index (χ3n) is 1.52. The zero-order valence-electron chi connectivity index (χ0n) is 6.47. The summed E-state index contributed by atoms with van der Waals surface area (Å²) in [6.45, 7) is 0.00789. The van der Waals surface area contributed by atoms with Gasteiger partial charge in [0.15, 0.2) is 5.75 Å². The van der Waals surface area contributed by atoms with E-state index in [1.165, 1.54) is 0 Å². The molecule has 6 heteroatoms. The van der Waals surface area contributed by atoms with E-state index in [4.69, 9.17) is 5.73 Å². The number of rotatable bonds is 2. The fourth-order valence-corrected chi connectivity index (χ4v) is 1.33. The lowest BCUT2D eigenvalue weighted by Crippen LogP contribution is -2.02. The number of nitrogens with two attached hydrogens (primary N) is 1. The molecule has 0 aliphatic heterocycles. The van der Waals surface area contributed by atoms with Gasteiger partial charge in [0.05, 0.1) is 15.7 Å². The van der Waals surface area contributed by atoms with E-state index in [0.29, 0.717) is 0 Å². The molecule has 0 saturated carbocycles. The molecule has 1 heterocycles. The normalized spacial score (nSPS) is 10.8. The van der Waals surface area contributed by atoms with Crippen LogP contribution >= 0.6 is 15.9 Å². The van der Waals surface area contributed by atoms with Crippen molar-refractivity contribution in [3.8, 4) is 5.75 Å². The highest BCUT2D eigenvalue weighted by Gasteiger charge is 2.17. The van der Waals surface area contributed by atoms with Crippen molar-refractivity contribution < 1.29 is 13.9 Å². The van der Waals surface area contributed by atoms with Crippen LogP contribution < -0.4 is 5.73 Å². The van der Waals surface area contributed by atoms with E-state index < -0.39 is 6.43 Å². The molecule has 72 valence electrons. The van der Waals surface area contributed by atoms with Gasteiger partial charge in [-0.25, -0.2) is 8.78 Å². The van der Waals surface area contributed by atoms with Gasteiger partial charge in [-0.2, -0.15) is 0 Å². The summed E-state index contributed by atoms with van der Waals surface area (Å²) < 4.78 is 24.4. The van der Waals surface area contributed by atoms with Crippen LogP contribution in [0.1, 0.15) is 17.7 Å². The molecular formula is C7H7BrF2N2O. The van der Waals surface area contributed by atoms with Crippen LogP contribution in [0.2, 0.25) is 0 Å². The van der Waals surface area contributed by atoms with E-state index in [1.54, 1.807) is 0 Å². The van der Waals surface area contributed by atoms with Crippen molar-refractivity contribution >= 4 is 15.9 Å². The minimum absolute atomic E-state index is 0.00789. The van der Waals surface area contributed by atoms with Gasteiger partial charge in [-0.05, 0) is 15.9 Å². The lowest BCUT2D eigenvalue weighted by atomic mass is 10.2. The summed E-state index contributed by atoms with van der Waals surface area (Å²) in [6.07, 6.45) is -1.67. The summed E-state index contributed by atoms with van der Waals surface area (Å²) in [5, 5.41) is 9.30. The van der Waals surface area contributed by atoms with Crippen LogP contribution in [0.3, 0.4) is 0 Å². The summed E-state index contributed by atoms with van der Waals surface area (Å²) in [5.74, 6) is -0.319. The Morgan fingerprint density at radius 3 is 2.69 bits per heavy atom. The number of nitrogens with zero attached hydrogens (tertiary/aromatic N) is 1. The first kappa shape index (κ1) is 10.3. The summed E-state index contributed by atoms with van der Waals surface area (Å²) in [4.78, 5) is 3.59. The molecular weight excluding hydrogens is 246 g/mol. The number of aromatic nitrogens is 1. The van der Waals surface area contributed by atoms with Gasteiger partial charge in [0.1, 0.15) is 0 Å². The SMILES string of the molecule is NCc1ncc(C(F)F)c(Br)c1O. The Balaban J connectivity index is 3.23. The number of hydrogen-bond donors (Lipinski definition) is 2. The molecule has 13 heavy (non-hydrogen) atoms. The molecule has 1 aromatic rings. The lowest BCUT2D eigenvalue weighted by molar-refractivity contribution is 0.149. The first-order chi connectivity index (χ1) is 6.07. The van der Waals surface area contributed by atoms with Crippen LogP contribution in [0.25, 0.3) is 0 Å². The molecule has 0 radical (unpaired) electrons. The van der Waals surface area contributed by atoms with Gasteiger partial charge in [-0.1, -0.05) is 0 Å². The molecule has 0 aromatic carbocycles. The number of aromatic hydroxyl groups is 1. The van der Waals surface area contributed by atoms with Gasteiger partial charge < -0.3 is 10.8 Å². The van der Waals surface area contributed by atoms with E-state index in [-0.39, 0.29) is 28.0 Å². The van der Waals surface area contributed by atoms with E-state index in [9.17, 15) is 13.9 Å². The van der Waals surface area contributed by atoms with Crippen LogP contribution in [0.5, 0.6) is 5.75 Å². The monoisotopic (exact) mass is 252 g/mol. The Labute approximate surface area is 81.7 Å². The molecule has 0 spiro atoms. The number of hydrogen-bond acceptors (Lipinski definition) is 3. The van der Waals surface area contributed by atoms with Crippen molar-refractivity contribution in [3.63, 3.8) is 0 Å². The second-order valence-corrected chi connectivity index (χ2v) is 3.12. The first-order valence-electron chi connectivity index (χ1n) is 3.42. The van der Waals surface area contributed by atoms with Crippen LogP contribution in [-0.2, 0) is 6.54 Å². The van der Waals surface area contributed by atoms with Crippen molar-refractivity contribution in [3.05, 3.63) is 21.9 Å². The smallest absolute Gasteiger partial charge is 0.266 e. The maximum Gasteiger partial charge on any atom is 0.266 e. The predicted molar refractivity (Wildman–Crippen MR) is 46.5 cm³/mol. The Kier molecular flexibility index (Phi) is 3.16.